The standard InChI is InChI=1S/C21H34N4O3S.HI/c1-4-15-28-20-9-7-6-8-18(20)17-23-21(22-5-2)24-19-10-12-25(13-11-19)14-16-29(3,26)27;/h4,6-9,19H,1,5,10-17H2,2-3H3,(H2,22,23,24);1H. The molecule has 1 aliphatic heterocycles. The number of guanidine groups is 1. The van der Waals surface area contributed by atoms with Gasteiger partial charge in [0.15, 0.2) is 5.96 Å². The van der Waals surface area contributed by atoms with Gasteiger partial charge in [0.1, 0.15) is 22.2 Å². The number of likely N-dealkylation sites (tertiary alicyclic amines) is 1. The molecule has 0 bridgehead atoms. The van der Waals surface area contributed by atoms with Gasteiger partial charge in [0, 0.05) is 44.0 Å². The fourth-order valence-corrected chi connectivity index (χ4v) is 3.79. The summed E-state index contributed by atoms with van der Waals surface area (Å²) in [5.41, 5.74) is 1.03. The van der Waals surface area contributed by atoms with Crippen LogP contribution >= 0.6 is 24.0 Å². The molecule has 0 aliphatic carbocycles. The summed E-state index contributed by atoms with van der Waals surface area (Å²) in [4.78, 5) is 6.95. The van der Waals surface area contributed by atoms with Gasteiger partial charge in [-0.1, -0.05) is 30.9 Å². The first-order valence-corrected chi connectivity index (χ1v) is 12.2. The molecular formula is C21H35IN4O3S. The maximum atomic E-state index is 11.3. The molecule has 0 saturated carbocycles. The summed E-state index contributed by atoms with van der Waals surface area (Å²) in [7, 11) is -2.91. The zero-order valence-corrected chi connectivity index (χ0v) is 21.1. The number of benzene rings is 1. The van der Waals surface area contributed by atoms with E-state index in [0.717, 1.165) is 49.7 Å². The minimum Gasteiger partial charge on any atom is -0.489 e. The molecule has 0 aromatic heterocycles. The molecule has 1 aromatic carbocycles. The van der Waals surface area contributed by atoms with E-state index < -0.39 is 9.84 Å². The number of sulfone groups is 1. The van der Waals surface area contributed by atoms with Gasteiger partial charge in [0.25, 0.3) is 0 Å². The van der Waals surface area contributed by atoms with Crippen LogP contribution in [0.25, 0.3) is 0 Å². The second kappa shape index (κ2) is 13.9. The lowest BCUT2D eigenvalue weighted by Crippen LogP contribution is -2.49. The van der Waals surface area contributed by atoms with Crippen LogP contribution in [-0.4, -0.2) is 70.1 Å². The Morgan fingerprint density at radius 3 is 2.67 bits per heavy atom. The van der Waals surface area contributed by atoms with Crippen molar-refractivity contribution in [2.75, 3.05) is 44.8 Å². The SMILES string of the molecule is C=CCOc1ccccc1CN=C(NCC)NC1CCN(CCS(C)(=O)=O)CC1.I. The van der Waals surface area contributed by atoms with E-state index in [1.165, 1.54) is 6.26 Å². The molecule has 0 atom stereocenters. The zero-order valence-electron chi connectivity index (χ0n) is 18.0. The van der Waals surface area contributed by atoms with Crippen LogP contribution in [0.2, 0.25) is 0 Å². The van der Waals surface area contributed by atoms with Crippen molar-refractivity contribution < 1.29 is 13.2 Å². The molecule has 0 unspecified atom stereocenters. The first-order chi connectivity index (χ1) is 13.9. The predicted molar refractivity (Wildman–Crippen MR) is 135 cm³/mol. The smallest absolute Gasteiger partial charge is 0.191 e. The summed E-state index contributed by atoms with van der Waals surface area (Å²) in [6.07, 6.45) is 4.95. The van der Waals surface area contributed by atoms with Gasteiger partial charge in [-0.2, -0.15) is 0 Å². The van der Waals surface area contributed by atoms with Crippen molar-refractivity contribution >= 4 is 39.8 Å². The summed E-state index contributed by atoms with van der Waals surface area (Å²) in [6.45, 7) is 9.92. The van der Waals surface area contributed by atoms with Crippen LogP contribution in [-0.2, 0) is 16.4 Å². The lowest BCUT2D eigenvalue weighted by molar-refractivity contribution is 0.216. The van der Waals surface area contributed by atoms with Crippen molar-refractivity contribution in [2.45, 2.75) is 32.4 Å². The van der Waals surface area contributed by atoms with Gasteiger partial charge >= 0.3 is 0 Å². The molecule has 1 aliphatic rings. The fourth-order valence-electron chi connectivity index (χ4n) is 3.20. The van der Waals surface area contributed by atoms with Crippen molar-refractivity contribution in [3.05, 3.63) is 42.5 Å². The monoisotopic (exact) mass is 550 g/mol. The molecule has 0 radical (unpaired) electrons. The number of rotatable bonds is 10. The first-order valence-electron chi connectivity index (χ1n) is 10.2. The number of halogens is 1. The summed E-state index contributed by atoms with van der Waals surface area (Å²) in [5, 5.41) is 6.83. The van der Waals surface area contributed by atoms with E-state index in [-0.39, 0.29) is 29.7 Å². The highest BCUT2D eigenvalue weighted by molar-refractivity contribution is 14.0. The molecule has 1 heterocycles. The molecule has 0 amide bonds. The van der Waals surface area contributed by atoms with Gasteiger partial charge < -0.3 is 20.3 Å². The number of nitrogens with one attached hydrogen (secondary N) is 2. The minimum absolute atomic E-state index is 0. The van der Waals surface area contributed by atoms with Gasteiger partial charge in [0.05, 0.1) is 12.3 Å². The van der Waals surface area contributed by atoms with E-state index in [1.54, 1.807) is 6.08 Å². The Labute approximate surface area is 198 Å². The number of ether oxygens (including phenoxy) is 1. The second-order valence-electron chi connectivity index (χ2n) is 7.29. The molecule has 0 spiro atoms. The zero-order chi connectivity index (χ0) is 21.1. The topological polar surface area (TPSA) is 83.0 Å². The largest absolute Gasteiger partial charge is 0.489 e. The minimum atomic E-state index is -2.91. The van der Waals surface area contributed by atoms with Gasteiger partial charge in [-0.15, -0.1) is 24.0 Å². The van der Waals surface area contributed by atoms with E-state index in [2.05, 4.69) is 22.1 Å². The third-order valence-electron chi connectivity index (χ3n) is 4.79. The normalized spacial score (nSPS) is 15.9. The maximum Gasteiger partial charge on any atom is 0.191 e. The van der Waals surface area contributed by atoms with Crippen LogP contribution in [0.3, 0.4) is 0 Å². The van der Waals surface area contributed by atoms with Gasteiger partial charge in [-0.05, 0) is 25.8 Å². The van der Waals surface area contributed by atoms with Crippen LogP contribution < -0.4 is 15.4 Å². The van der Waals surface area contributed by atoms with Crippen molar-refractivity contribution in [2.24, 2.45) is 4.99 Å². The molecule has 170 valence electrons. The second-order valence-corrected chi connectivity index (χ2v) is 9.55. The maximum absolute atomic E-state index is 11.3. The summed E-state index contributed by atoms with van der Waals surface area (Å²) in [6, 6.07) is 8.23. The molecule has 7 nitrogen and oxygen atoms in total. The molecule has 1 aromatic rings. The third-order valence-corrected chi connectivity index (χ3v) is 5.71. The van der Waals surface area contributed by atoms with Gasteiger partial charge in [-0.25, -0.2) is 13.4 Å². The van der Waals surface area contributed by atoms with Crippen LogP contribution in [0.15, 0.2) is 41.9 Å². The van der Waals surface area contributed by atoms with Crippen molar-refractivity contribution in [3.8, 4) is 5.75 Å². The summed E-state index contributed by atoms with van der Waals surface area (Å²) in [5.74, 6) is 1.84. The Bertz CT molecular complexity index is 778. The van der Waals surface area contributed by atoms with Crippen LogP contribution in [0.4, 0.5) is 0 Å². The average Bonchev–Trinajstić information content (AvgIpc) is 2.70. The Hall–Kier alpha value is -1.33. The van der Waals surface area contributed by atoms with Crippen molar-refractivity contribution in [1.29, 1.82) is 0 Å². The lowest BCUT2D eigenvalue weighted by atomic mass is 10.1. The quantitative estimate of drug-likeness (QED) is 0.202. The Balaban J connectivity index is 0.00000450. The van der Waals surface area contributed by atoms with E-state index in [9.17, 15) is 8.42 Å². The van der Waals surface area contributed by atoms with E-state index in [0.29, 0.717) is 25.7 Å². The first kappa shape index (κ1) is 26.7. The molecule has 2 rings (SSSR count). The third kappa shape index (κ3) is 10.1. The van der Waals surface area contributed by atoms with Crippen molar-refractivity contribution in [1.82, 2.24) is 15.5 Å². The number of hydrogen-bond acceptors (Lipinski definition) is 5. The fraction of sp³-hybridized carbons (Fsp3) is 0.571. The number of para-hydroxylation sites is 1. The molecule has 1 saturated heterocycles. The molecule has 2 N–H and O–H groups in total. The van der Waals surface area contributed by atoms with E-state index >= 15 is 0 Å². The summed E-state index contributed by atoms with van der Waals surface area (Å²) < 4.78 is 28.4. The van der Waals surface area contributed by atoms with Gasteiger partial charge in [0.2, 0.25) is 0 Å². The van der Waals surface area contributed by atoms with E-state index in [1.807, 2.05) is 31.2 Å². The van der Waals surface area contributed by atoms with Crippen LogP contribution in [0.1, 0.15) is 25.3 Å². The number of piperidine rings is 1. The van der Waals surface area contributed by atoms with Crippen molar-refractivity contribution in [3.63, 3.8) is 0 Å². The van der Waals surface area contributed by atoms with E-state index in [4.69, 9.17) is 9.73 Å². The Kier molecular flexibility index (Phi) is 12.3. The molecule has 30 heavy (non-hydrogen) atoms. The number of aliphatic imine (C=N–C) groups is 1. The van der Waals surface area contributed by atoms with Crippen LogP contribution in [0.5, 0.6) is 5.75 Å². The highest BCUT2D eigenvalue weighted by Gasteiger charge is 2.20. The average molecular weight is 551 g/mol. The summed E-state index contributed by atoms with van der Waals surface area (Å²) >= 11 is 0. The molecule has 1 fully saturated rings. The lowest BCUT2D eigenvalue weighted by Gasteiger charge is -2.32. The number of hydrogen-bond donors (Lipinski definition) is 2. The highest BCUT2D eigenvalue weighted by Crippen LogP contribution is 2.19. The molecule has 9 heteroatoms. The Morgan fingerprint density at radius 2 is 2.03 bits per heavy atom. The molecular weight excluding hydrogens is 515 g/mol. The Morgan fingerprint density at radius 1 is 1.33 bits per heavy atom. The van der Waals surface area contributed by atoms with Gasteiger partial charge in [-0.3, -0.25) is 0 Å². The van der Waals surface area contributed by atoms with Crippen LogP contribution in [0, 0.1) is 0 Å². The highest BCUT2D eigenvalue weighted by atomic mass is 127. The predicted octanol–water partition coefficient (Wildman–Crippen LogP) is 2.43. The number of nitrogens with zero attached hydrogens (tertiary/aromatic N) is 2.